The second-order valence-electron chi connectivity index (χ2n) is 6.24. The molecule has 3 N–H and O–H groups in total. The van der Waals surface area contributed by atoms with E-state index in [1.807, 2.05) is 18.2 Å². The summed E-state index contributed by atoms with van der Waals surface area (Å²) in [4.78, 5) is 16.1. The number of guanidine groups is 1. The van der Waals surface area contributed by atoms with Crippen molar-refractivity contribution in [1.82, 2.24) is 10.6 Å². The number of aliphatic imine (C=N–C) groups is 1. The third-order valence-corrected chi connectivity index (χ3v) is 4.25. The zero-order valence-corrected chi connectivity index (χ0v) is 18.0. The van der Waals surface area contributed by atoms with Crippen LogP contribution in [0.25, 0.3) is 0 Å². The summed E-state index contributed by atoms with van der Waals surface area (Å²) in [6.07, 6.45) is 3.72. The molecule has 0 spiro atoms. The second kappa shape index (κ2) is 12.9. The number of carbonyl (C=O) groups excluding carboxylic acids is 1. The first-order valence-corrected chi connectivity index (χ1v) is 9.15. The van der Waals surface area contributed by atoms with Gasteiger partial charge >= 0.3 is 0 Å². The molecule has 0 saturated carbocycles. The van der Waals surface area contributed by atoms with Crippen LogP contribution in [0, 0.1) is 0 Å². The molecule has 1 unspecified atom stereocenters. The molecule has 7 heteroatoms. The quantitative estimate of drug-likeness (QED) is 0.223. The largest absolute Gasteiger partial charge is 0.381 e. The number of ether oxygens (including phenoxy) is 1. The number of benzene rings is 1. The number of hydrogen-bond donors (Lipinski definition) is 3. The van der Waals surface area contributed by atoms with Crippen LogP contribution in [-0.2, 0) is 9.53 Å². The van der Waals surface area contributed by atoms with E-state index in [4.69, 9.17) is 4.74 Å². The van der Waals surface area contributed by atoms with Crippen LogP contribution < -0.4 is 16.0 Å². The third-order valence-electron chi connectivity index (χ3n) is 4.25. The summed E-state index contributed by atoms with van der Waals surface area (Å²) in [7, 11) is 1.76. The molecule has 0 aromatic heterocycles. The van der Waals surface area contributed by atoms with Crippen LogP contribution in [0.1, 0.15) is 44.1 Å². The summed E-state index contributed by atoms with van der Waals surface area (Å²) >= 11 is 0. The number of unbranched alkanes of at least 4 members (excludes halogenated alkanes) is 1. The van der Waals surface area contributed by atoms with E-state index in [1.54, 1.807) is 7.05 Å². The zero-order valence-electron chi connectivity index (χ0n) is 15.7. The van der Waals surface area contributed by atoms with Crippen molar-refractivity contribution in [3.8, 4) is 0 Å². The minimum Gasteiger partial charge on any atom is -0.381 e. The van der Waals surface area contributed by atoms with Crippen LogP contribution in [-0.4, -0.2) is 45.2 Å². The molecule has 2 rings (SSSR count). The van der Waals surface area contributed by atoms with E-state index in [9.17, 15) is 4.79 Å². The number of halogens is 1. The Morgan fingerprint density at radius 3 is 2.81 bits per heavy atom. The van der Waals surface area contributed by atoms with Gasteiger partial charge in [-0.2, -0.15) is 0 Å². The molecule has 6 nitrogen and oxygen atoms in total. The number of carbonyl (C=O) groups is 1. The van der Waals surface area contributed by atoms with Gasteiger partial charge in [0, 0.05) is 51.4 Å². The molecular formula is C19H31IN4O2. The minimum atomic E-state index is 0. The van der Waals surface area contributed by atoms with Gasteiger partial charge < -0.3 is 20.7 Å². The molecular weight excluding hydrogens is 443 g/mol. The van der Waals surface area contributed by atoms with Gasteiger partial charge in [-0.25, -0.2) is 0 Å². The van der Waals surface area contributed by atoms with E-state index in [-0.39, 0.29) is 35.8 Å². The summed E-state index contributed by atoms with van der Waals surface area (Å²) in [5, 5.41) is 9.55. The summed E-state index contributed by atoms with van der Waals surface area (Å²) in [5.41, 5.74) is 2.09. The lowest BCUT2D eigenvalue weighted by molar-refractivity contribution is -0.116. The molecule has 1 aromatic rings. The third kappa shape index (κ3) is 7.49. The van der Waals surface area contributed by atoms with Crippen LogP contribution in [0.3, 0.4) is 0 Å². The first kappa shape index (κ1) is 22.7. The van der Waals surface area contributed by atoms with Crippen molar-refractivity contribution in [3.05, 3.63) is 29.8 Å². The summed E-state index contributed by atoms with van der Waals surface area (Å²) in [6.45, 7) is 5.26. The average molecular weight is 474 g/mol. The molecule has 1 aromatic carbocycles. The molecule has 1 amide bonds. The highest BCUT2D eigenvalue weighted by Crippen LogP contribution is 2.31. The molecule has 0 radical (unpaired) electrons. The standard InChI is InChI=1S/C19H30N4O2.HI/c1-3-4-11-25-12-7-10-21-19(20-2)22-14-15-13-18(24)23-17-9-6-5-8-16(15)17;/h5-6,8-9,15H,3-4,7,10-14H2,1-2H3,(H,23,24)(H2,20,21,22);1H. The van der Waals surface area contributed by atoms with Crippen molar-refractivity contribution in [1.29, 1.82) is 0 Å². The highest BCUT2D eigenvalue weighted by atomic mass is 127. The highest BCUT2D eigenvalue weighted by molar-refractivity contribution is 14.0. The Morgan fingerprint density at radius 2 is 2.04 bits per heavy atom. The maximum absolute atomic E-state index is 11.9. The summed E-state index contributed by atoms with van der Waals surface area (Å²) < 4.78 is 5.55. The molecule has 1 aliphatic heterocycles. The van der Waals surface area contributed by atoms with Crippen LogP contribution in [0.4, 0.5) is 5.69 Å². The van der Waals surface area contributed by atoms with E-state index in [2.05, 4.69) is 33.9 Å². The predicted molar refractivity (Wildman–Crippen MR) is 118 cm³/mol. The van der Waals surface area contributed by atoms with Crippen LogP contribution in [0.5, 0.6) is 0 Å². The Balaban J connectivity index is 0.00000338. The van der Waals surface area contributed by atoms with Gasteiger partial charge in [0.05, 0.1) is 0 Å². The lowest BCUT2D eigenvalue weighted by Gasteiger charge is -2.26. The fourth-order valence-corrected chi connectivity index (χ4v) is 2.85. The van der Waals surface area contributed by atoms with Crippen LogP contribution >= 0.6 is 24.0 Å². The Morgan fingerprint density at radius 1 is 1.27 bits per heavy atom. The van der Waals surface area contributed by atoms with E-state index in [1.165, 1.54) is 5.56 Å². The highest BCUT2D eigenvalue weighted by Gasteiger charge is 2.24. The van der Waals surface area contributed by atoms with Crippen molar-refractivity contribution < 1.29 is 9.53 Å². The first-order valence-electron chi connectivity index (χ1n) is 9.15. The molecule has 1 heterocycles. The van der Waals surface area contributed by atoms with Gasteiger partial charge in [-0.05, 0) is 24.5 Å². The number of anilines is 1. The van der Waals surface area contributed by atoms with Gasteiger partial charge in [0.2, 0.25) is 5.91 Å². The van der Waals surface area contributed by atoms with Crippen molar-refractivity contribution in [2.75, 3.05) is 38.7 Å². The van der Waals surface area contributed by atoms with Crippen molar-refractivity contribution in [3.63, 3.8) is 0 Å². The minimum absolute atomic E-state index is 0. The summed E-state index contributed by atoms with van der Waals surface area (Å²) in [5.74, 6) is 0.982. The number of hydrogen-bond acceptors (Lipinski definition) is 3. The average Bonchev–Trinajstić information content (AvgIpc) is 2.63. The monoisotopic (exact) mass is 474 g/mol. The maximum atomic E-state index is 11.9. The molecule has 1 atom stereocenters. The Labute approximate surface area is 173 Å². The Bertz CT molecular complexity index is 580. The van der Waals surface area contributed by atoms with Crippen molar-refractivity contribution in [2.24, 2.45) is 4.99 Å². The maximum Gasteiger partial charge on any atom is 0.225 e. The van der Waals surface area contributed by atoms with Crippen molar-refractivity contribution in [2.45, 2.75) is 38.5 Å². The van der Waals surface area contributed by atoms with Gasteiger partial charge in [-0.15, -0.1) is 24.0 Å². The topological polar surface area (TPSA) is 74.8 Å². The molecule has 146 valence electrons. The molecule has 26 heavy (non-hydrogen) atoms. The Kier molecular flexibility index (Phi) is 11.3. The molecule has 0 bridgehead atoms. The number of fused-ring (bicyclic) bond motifs is 1. The van der Waals surface area contributed by atoms with Gasteiger partial charge in [-0.1, -0.05) is 31.5 Å². The van der Waals surface area contributed by atoms with Gasteiger partial charge in [-0.3, -0.25) is 9.79 Å². The van der Waals surface area contributed by atoms with Gasteiger partial charge in [0.25, 0.3) is 0 Å². The smallest absolute Gasteiger partial charge is 0.225 e. The summed E-state index contributed by atoms with van der Waals surface area (Å²) in [6, 6.07) is 7.98. The van der Waals surface area contributed by atoms with E-state index < -0.39 is 0 Å². The van der Waals surface area contributed by atoms with Crippen molar-refractivity contribution >= 4 is 41.5 Å². The number of nitrogens with one attached hydrogen (secondary N) is 3. The lowest BCUT2D eigenvalue weighted by Crippen LogP contribution is -2.41. The normalized spacial score (nSPS) is 16.3. The van der Waals surface area contributed by atoms with Gasteiger partial charge in [0.15, 0.2) is 5.96 Å². The fourth-order valence-electron chi connectivity index (χ4n) is 2.85. The number of nitrogens with zero attached hydrogens (tertiary/aromatic N) is 1. The van der Waals surface area contributed by atoms with Crippen LogP contribution in [0.2, 0.25) is 0 Å². The fraction of sp³-hybridized carbons (Fsp3) is 0.579. The SMILES string of the molecule is CCCCOCCCNC(=NC)NCC1CC(=O)Nc2ccccc21.I. The number of amides is 1. The van der Waals surface area contributed by atoms with E-state index in [0.29, 0.717) is 13.0 Å². The Hall–Kier alpha value is -1.35. The van der Waals surface area contributed by atoms with Crippen LogP contribution in [0.15, 0.2) is 29.3 Å². The second-order valence-corrected chi connectivity index (χ2v) is 6.24. The molecule has 1 aliphatic rings. The number of rotatable bonds is 9. The van der Waals surface area contributed by atoms with E-state index >= 15 is 0 Å². The number of para-hydroxylation sites is 1. The molecule has 0 fully saturated rings. The molecule has 0 aliphatic carbocycles. The molecule has 0 saturated heterocycles. The predicted octanol–water partition coefficient (Wildman–Crippen LogP) is 3.10. The van der Waals surface area contributed by atoms with Gasteiger partial charge in [0.1, 0.15) is 0 Å². The lowest BCUT2D eigenvalue weighted by atomic mass is 9.90. The zero-order chi connectivity index (χ0) is 17.9. The first-order chi connectivity index (χ1) is 12.2. The van der Waals surface area contributed by atoms with E-state index in [0.717, 1.165) is 50.7 Å².